The first kappa shape index (κ1) is 19.5. The number of nitrogens with one attached hydrogen (secondary N) is 1. The number of rotatable bonds is 7. The highest BCUT2D eigenvalue weighted by atomic mass is 16.5. The molecule has 0 radical (unpaired) electrons. The number of esters is 1. The molecule has 0 heterocycles. The van der Waals surface area contributed by atoms with Gasteiger partial charge in [-0.25, -0.2) is 4.79 Å². The van der Waals surface area contributed by atoms with Crippen LogP contribution in [0, 0.1) is 5.92 Å². The van der Waals surface area contributed by atoms with Gasteiger partial charge >= 0.3 is 5.97 Å². The van der Waals surface area contributed by atoms with Crippen molar-refractivity contribution in [1.29, 1.82) is 0 Å². The summed E-state index contributed by atoms with van der Waals surface area (Å²) in [4.78, 5) is 24.2. The number of amides is 1. The minimum absolute atomic E-state index is 0.244. The number of benzene rings is 2. The molecule has 1 amide bonds. The first-order valence-electron chi connectivity index (χ1n) is 8.38. The summed E-state index contributed by atoms with van der Waals surface area (Å²) < 4.78 is 10.6. The van der Waals surface area contributed by atoms with Crippen molar-refractivity contribution < 1.29 is 19.1 Å². The van der Waals surface area contributed by atoms with Gasteiger partial charge in [0.1, 0.15) is 12.4 Å². The number of ether oxygens (including phenoxy) is 2. The molecule has 0 fully saturated rings. The Labute approximate surface area is 153 Å². The predicted octanol–water partition coefficient (Wildman–Crippen LogP) is 2.97. The molecule has 6 nitrogen and oxygen atoms in total. The molecule has 0 saturated carbocycles. The summed E-state index contributed by atoms with van der Waals surface area (Å²) in [5, 5.41) is 2.80. The van der Waals surface area contributed by atoms with Crippen LogP contribution < -0.4 is 15.8 Å². The van der Waals surface area contributed by atoms with E-state index in [2.05, 4.69) is 5.32 Å². The van der Waals surface area contributed by atoms with Crippen molar-refractivity contribution in [1.82, 2.24) is 0 Å². The highest BCUT2D eigenvalue weighted by Gasteiger charge is 2.20. The quantitative estimate of drug-likeness (QED) is 0.744. The molecule has 3 N–H and O–H groups in total. The maximum absolute atomic E-state index is 12.4. The fourth-order valence-electron chi connectivity index (χ4n) is 2.22. The Morgan fingerprint density at radius 2 is 1.81 bits per heavy atom. The van der Waals surface area contributed by atoms with E-state index in [1.165, 1.54) is 13.2 Å². The molecule has 0 aliphatic heterocycles. The van der Waals surface area contributed by atoms with Crippen LogP contribution in [0.15, 0.2) is 48.5 Å². The number of methoxy groups -OCH3 is 1. The molecule has 2 atom stereocenters. The van der Waals surface area contributed by atoms with Gasteiger partial charge in [0.25, 0.3) is 0 Å². The molecule has 2 aromatic rings. The van der Waals surface area contributed by atoms with Gasteiger partial charge in [0.05, 0.1) is 24.3 Å². The van der Waals surface area contributed by atoms with E-state index in [4.69, 9.17) is 15.2 Å². The van der Waals surface area contributed by atoms with E-state index >= 15 is 0 Å². The molecular formula is C20H24N2O4. The van der Waals surface area contributed by atoms with Crippen molar-refractivity contribution in [2.75, 3.05) is 12.4 Å². The predicted molar refractivity (Wildman–Crippen MR) is 100.0 cm³/mol. The highest BCUT2D eigenvalue weighted by molar-refractivity contribution is 5.97. The van der Waals surface area contributed by atoms with E-state index in [1.54, 1.807) is 26.0 Å². The van der Waals surface area contributed by atoms with Crippen molar-refractivity contribution in [2.24, 2.45) is 11.7 Å². The largest absolute Gasteiger partial charge is 0.487 e. The van der Waals surface area contributed by atoms with Gasteiger partial charge in [-0.1, -0.05) is 37.3 Å². The van der Waals surface area contributed by atoms with E-state index in [0.717, 1.165) is 5.56 Å². The SMILES string of the molecule is COC(=O)c1ccc(OCc2ccccc2)c(NC(=O)C(C)C(C)N)c1. The lowest BCUT2D eigenvalue weighted by Crippen LogP contribution is -2.34. The molecule has 0 aliphatic rings. The Balaban J connectivity index is 2.24. The molecule has 138 valence electrons. The second kappa shape index (κ2) is 9.01. The van der Waals surface area contributed by atoms with Crippen LogP contribution in [0.5, 0.6) is 5.75 Å². The van der Waals surface area contributed by atoms with Crippen LogP contribution in [0.2, 0.25) is 0 Å². The Morgan fingerprint density at radius 3 is 2.42 bits per heavy atom. The number of anilines is 1. The first-order valence-corrected chi connectivity index (χ1v) is 8.38. The van der Waals surface area contributed by atoms with Crippen molar-refractivity contribution in [2.45, 2.75) is 26.5 Å². The molecule has 0 bridgehead atoms. The zero-order valence-electron chi connectivity index (χ0n) is 15.2. The molecule has 0 saturated heterocycles. The number of nitrogens with two attached hydrogens (primary N) is 1. The van der Waals surface area contributed by atoms with E-state index < -0.39 is 11.9 Å². The van der Waals surface area contributed by atoms with E-state index in [1.807, 2.05) is 30.3 Å². The summed E-state index contributed by atoms with van der Waals surface area (Å²) in [6.07, 6.45) is 0. The van der Waals surface area contributed by atoms with Crippen molar-refractivity contribution >= 4 is 17.6 Å². The Morgan fingerprint density at radius 1 is 1.12 bits per heavy atom. The Hall–Kier alpha value is -2.86. The van der Waals surface area contributed by atoms with Crippen molar-refractivity contribution in [3.05, 3.63) is 59.7 Å². The second-order valence-corrected chi connectivity index (χ2v) is 6.11. The van der Waals surface area contributed by atoms with Gasteiger partial charge in [-0.2, -0.15) is 0 Å². The average molecular weight is 356 g/mol. The monoisotopic (exact) mass is 356 g/mol. The van der Waals surface area contributed by atoms with Crippen LogP contribution in [-0.2, 0) is 16.1 Å². The molecule has 0 aromatic heterocycles. The van der Waals surface area contributed by atoms with E-state index in [-0.39, 0.29) is 11.9 Å². The molecule has 2 rings (SSSR count). The smallest absolute Gasteiger partial charge is 0.337 e. The van der Waals surface area contributed by atoms with Gasteiger partial charge in [0.2, 0.25) is 5.91 Å². The average Bonchev–Trinajstić information content (AvgIpc) is 2.66. The zero-order chi connectivity index (χ0) is 19.1. The summed E-state index contributed by atoms with van der Waals surface area (Å²) >= 11 is 0. The minimum Gasteiger partial charge on any atom is -0.487 e. The molecule has 0 aliphatic carbocycles. The topological polar surface area (TPSA) is 90.6 Å². The summed E-state index contributed by atoms with van der Waals surface area (Å²) in [6, 6.07) is 14.1. The van der Waals surface area contributed by atoms with E-state index in [9.17, 15) is 9.59 Å². The molecule has 26 heavy (non-hydrogen) atoms. The van der Waals surface area contributed by atoms with Crippen LogP contribution in [0.4, 0.5) is 5.69 Å². The normalized spacial score (nSPS) is 12.8. The maximum atomic E-state index is 12.4. The van der Waals surface area contributed by atoms with Crippen LogP contribution in [0.1, 0.15) is 29.8 Å². The highest BCUT2D eigenvalue weighted by Crippen LogP contribution is 2.28. The third kappa shape index (κ3) is 5.07. The summed E-state index contributed by atoms with van der Waals surface area (Å²) in [6.45, 7) is 3.85. The minimum atomic E-state index is -0.490. The fraction of sp³-hybridized carbons (Fsp3) is 0.300. The number of hydrogen-bond acceptors (Lipinski definition) is 5. The first-order chi connectivity index (χ1) is 12.4. The van der Waals surface area contributed by atoms with Gasteiger partial charge in [-0.3, -0.25) is 4.79 Å². The molecule has 0 spiro atoms. The number of carbonyl (C=O) groups excluding carboxylic acids is 2. The lowest BCUT2D eigenvalue weighted by Gasteiger charge is -2.18. The van der Waals surface area contributed by atoms with Gasteiger partial charge in [-0.05, 0) is 30.7 Å². The van der Waals surface area contributed by atoms with Crippen LogP contribution in [-0.4, -0.2) is 25.0 Å². The third-order valence-corrected chi connectivity index (χ3v) is 4.10. The lowest BCUT2D eigenvalue weighted by molar-refractivity contribution is -0.119. The maximum Gasteiger partial charge on any atom is 0.337 e. The molecule has 2 aromatic carbocycles. The standard InChI is InChI=1S/C20H24N2O4/c1-13(14(2)21)19(23)22-17-11-16(20(24)25-3)9-10-18(17)26-12-15-7-5-4-6-8-15/h4-11,13-14H,12,21H2,1-3H3,(H,22,23). The molecule has 6 heteroatoms. The Bertz CT molecular complexity index is 760. The van der Waals surface area contributed by atoms with Gasteiger partial charge in [0.15, 0.2) is 0 Å². The summed E-state index contributed by atoms with van der Waals surface area (Å²) in [7, 11) is 1.30. The van der Waals surface area contributed by atoms with Crippen LogP contribution >= 0.6 is 0 Å². The van der Waals surface area contributed by atoms with Gasteiger partial charge in [0, 0.05) is 6.04 Å². The summed E-state index contributed by atoms with van der Waals surface area (Å²) in [5.41, 5.74) is 7.51. The number of hydrogen-bond donors (Lipinski definition) is 2. The third-order valence-electron chi connectivity index (χ3n) is 4.10. The second-order valence-electron chi connectivity index (χ2n) is 6.11. The van der Waals surface area contributed by atoms with Gasteiger partial charge in [-0.15, -0.1) is 0 Å². The zero-order valence-corrected chi connectivity index (χ0v) is 15.2. The van der Waals surface area contributed by atoms with E-state index in [0.29, 0.717) is 23.6 Å². The summed E-state index contributed by atoms with van der Waals surface area (Å²) in [5.74, 6) is -0.660. The molecule has 2 unspecified atom stereocenters. The van der Waals surface area contributed by atoms with Crippen molar-refractivity contribution in [3.63, 3.8) is 0 Å². The van der Waals surface area contributed by atoms with Crippen LogP contribution in [0.25, 0.3) is 0 Å². The van der Waals surface area contributed by atoms with Crippen LogP contribution in [0.3, 0.4) is 0 Å². The van der Waals surface area contributed by atoms with Crippen molar-refractivity contribution in [3.8, 4) is 5.75 Å². The molecular weight excluding hydrogens is 332 g/mol. The number of carbonyl (C=O) groups is 2. The lowest BCUT2D eigenvalue weighted by atomic mass is 10.0. The van der Waals surface area contributed by atoms with Gasteiger partial charge < -0.3 is 20.5 Å². The fourth-order valence-corrected chi connectivity index (χ4v) is 2.22. The Kier molecular flexibility index (Phi) is 6.74.